The molecule has 1 aromatic rings. The molecule has 2 fully saturated rings. The molecule has 1 aliphatic carbocycles. The molecule has 7 heteroatoms. The molecule has 1 saturated heterocycles. The number of carbonyl (C=O) groups is 1. The summed E-state index contributed by atoms with van der Waals surface area (Å²) in [5.41, 5.74) is -0.461. The Morgan fingerprint density at radius 1 is 1.46 bits per heavy atom. The van der Waals surface area contributed by atoms with E-state index < -0.39 is 11.7 Å². The van der Waals surface area contributed by atoms with E-state index in [0.717, 1.165) is 19.3 Å². The van der Waals surface area contributed by atoms with Gasteiger partial charge in [0.05, 0.1) is 25.2 Å². The highest BCUT2D eigenvalue weighted by Crippen LogP contribution is 2.32. The van der Waals surface area contributed by atoms with Gasteiger partial charge in [-0.25, -0.2) is 4.98 Å². The van der Waals surface area contributed by atoms with Crippen molar-refractivity contribution in [2.45, 2.75) is 57.2 Å². The van der Waals surface area contributed by atoms with Crippen molar-refractivity contribution in [2.75, 3.05) is 19.7 Å². The van der Waals surface area contributed by atoms with Crippen LogP contribution in [-0.4, -0.2) is 51.2 Å². The first-order valence-electron chi connectivity index (χ1n) is 8.65. The number of aliphatic hydroxyl groups is 1. The summed E-state index contributed by atoms with van der Waals surface area (Å²) in [5.74, 6) is 0.400. The van der Waals surface area contributed by atoms with Gasteiger partial charge in [0.2, 0.25) is 5.91 Å². The fraction of sp³-hybridized carbons (Fsp3) is 0.706. The minimum Gasteiger partial charge on any atom is -0.389 e. The largest absolute Gasteiger partial charge is 0.389 e. The van der Waals surface area contributed by atoms with Crippen molar-refractivity contribution >= 4 is 5.91 Å². The highest BCUT2D eigenvalue weighted by Gasteiger charge is 2.35. The Hall–Kier alpha value is -1.73. The van der Waals surface area contributed by atoms with Crippen molar-refractivity contribution in [2.24, 2.45) is 0 Å². The van der Waals surface area contributed by atoms with Crippen molar-refractivity contribution in [1.29, 1.82) is 0 Å². The van der Waals surface area contributed by atoms with Gasteiger partial charge < -0.3 is 19.7 Å². The standard InChI is InChI=1S/C17H25N3O4/c1-12-9-14(21)19-16(18-12)13-11-20(7-8-24-13)15(22)10-17(23)5-3-2-4-6-17/h9,13,23H,2-8,10-11H2,1H3,(H,18,19,21). The molecule has 1 atom stereocenters. The number of hydrogen-bond acceptors (Lipinski definition) is 5. The highest BCUT2D eigenvalue weighted by molar-refractivity contribution is 5.77. The highest BCUT2D eigenvalue weighted by atomic mass is 16.5. The third-order valence-corrected chi connectivity index (χ3v) is 4.88. The molecule has 1 aliphatic heterocycles. The van der Waals surface area contributed by atoms with E-state index >= 15 is 0 Å². The maximum Gasteiger partial charge on any atom is 0.251 e. The Balaban J connectivity index is 1.66. The van der Waals surface area contributed by atoms with Gasteiger partial charge in [0.15, 0.2) is 0 Å². The summed E-state index contributed by atoms with van der Waals surface area (Å²) in [5, 5.41) is 10.6. The van der Waals surface area contributed by atoms with E-state index in [-0.39, 0.29) is 17.9 Å². The molecule has 1 amide bonds. The van der Waals surface area contributed by atoms with Crippen LogP contribution in [-0.2, 0) is 9.53 Å². The minimum absolute atomic E-state index is 0.0531. The third-order valence-electron chi connectivity index (χ3n) is 4.88. The van der Waals surface area contributed by atoms with Crippen molar-refractivity contribution in [3.63, 3.8) is 0 Å². The van der Waals surface area contributed by atoms with E-state index in [1.54, 1.807) is 11.8 Å². The first-order chi connectivity index (χ1) is 11.5. The predicted molar refractivity (Wildman–Crippen MR) is 87.5 cm³/mol. The van der Waals surface area contributed by atoms with E-state index in [9.17, 15) is 14.7 Å². The number of aryl methyl sites for hydroxylation is 1. The molecule has 132 valence electrons. The van der Waals surface area contributed by atoms with Crippen LogP contribution in [0.5, 0.6) is 0 Å². The molecule has 1 aromatic heterocycles. The second-order valence-electron chi connectivity index (χ2n) is 6.93. The second-order valence-corrected chi connectivity index (χ2v) is 6.93. The molecule has 0 spiro atoms. The van der Waals surface area contributed by atoms with Gasteiger partial charge >= 0.3 is 0 Å². The Morgan fingerprint density at radius 3 is 2.92 bits per heavy atom. The average Bonchev–Trinajstić information content (AvgIpc) is 2.54. The number of rotatable bonds is 3. The lowest BCUT2D eigenvalue weighted by molar-refractivity contribution is -0.145. The second kappa shape index (κ2) is 7.03. The molecule has 24 heavy (non-hydrogen) atoms. The number of nitrogens with zero attached hydrogens (tertiary/aromatic N) is 2. The third kappa shape index (κ3) is 4.02. The number of aromatic nitrogens is 2. The molecule has 7 nitrogen and oxygen atoms in total. The number of carbonyl (C=O) groups excluding carboxylic acids is 1. The molecule has 2 aliphatic rings. The lowest BCUT2D eigenvalue weighted by Crippen LogP contribution is -2.46. The van der Waals surface area contributed by atoms with E-state index in [0.29, 0.717) is 44.1 Å². The van der Waals surface area contributed by atoms with Crippen LogP contribution in [0.3, 0.4) is 0 Å². The van der Waals surface area contributed by atoms with Crippen LogP contribution in [0, 0.1) is 6.92 Å². The summed E-state index contributed by atoms with van der Waals surface area (Å²) in [6.45, 7) is 3.00. The van der Waals surface area contributed by atoms with Crippen molar-refractivity contribution in [3.05, 3.63) is 27.9 Å². The Kier molecular flexibility index (Phi) is 5.01. The van der Waals surface area contributed by atoms with Crippen LogP contribution in [0.4, 0.5) is 0 Å². The van der Waals surface area contributed by atoms with Gasteiger partial charge in [0.1, 0.15) is 11.9 Å². The van der Waals surface area contributed by atoms with E-state index in [4.69, 9.17) is 4.74 Å². The van der Waals surface area contributed by atoms with Crippen LogP contribution < -0.4 is 5.56 Å². The summed E-state index contributed by atoms with van der Waals surface area (Å²) in [7, 11) is 0. The molecule has 3 rings (SSSR count). The summed E-state index contributed by atoms with van der Waals surface area (Å²) >= 11 is 0. The molecular weight excluding hydrogens is 310 g/mol. The molecule has 0 bridgehead atoms. The van der Waals surface area contributed by atoms with Crippen molar-refractivity contribution in [1.82, 2.24) is 14.9 Å². The van der Waals surface area contributed by atoms with Gasteiger partial charge in [-0.1, -0.05) is 19.3 Å². The maximum atomic E-state index is 12.6. The van der Waals surface area contributed by atoms with Crippen LogP contribution >= 0.6 is 0 Å². The lowest BCUT2D eigenvalue weighted by atomic mass is 9.82. The van der Waals surface area contributed by atoms with Crippen LogP contribution in [0.25, 0.3) is 0 Å². The van der Waals surface area contributed by atoms with E-state index in [2.05, 4.69) is 9.97 Å². The number of nitrogens with one attached hydrogen (secondary N) is 1. The summed E-state index contributed by atoms with van der Waals surface area (Å²) < 4.78 is 5.68. The quantitative estimate of drug-likeness (QED) is 0.861. The molecule has 1 saturated carbocycles. The zero-order chi connectivity index (χ0) is 17.2. The number of hydrogen-bond donors (Lipinski definition) is 2. The molecule has 0 aromatic carbocycles. The number of aromatic amines is 1. The number of H-pyrrole nitrogens is 1. The minimum atomic E-state index is -0.862. The maximum absolute atomic E-state index is 12.6. The average molecular weight is 335 g/mol. The van der Waals surface area contributed by atoms with Crippen molar-refractivity contribution < 1.29 is 14.6 Å². The van der Waals surface area contributed by atoms with E-state index in [1.807, 2.05) is 0 Å². The Bertz CT molecular complexity index is 651. The van der Waals surface area contributed by atoms with E-state index in [1.165, 1.54) is 6.07 Å². The van der Waals surface area contributed by atoms with Gasteiger partial charge in [-0.15, -0.1) is 0 Å². The molecule has 2 N–H and O–H groups in total. The van der Waals surface area contributed by atoms with Crippen molar-refractivity contribution in [3.8, 4) is 0 Å². The molecule has 0 radical (unpaired) electrons. The molecule has 1 unspecified atom stereocenters. The fourth-order valence-corrected chi connectivity index (χ4v) is 3.58. The fourth-order valence-electron chi connectivity index (χ4n) is 3.58. The summed E-state index contributed by atoms with van der Waals surface area (Å²) in [6.07, 6.45) is 4.20. The topological polar surface area (TPSA) is 95.5 Å². The number of morpholine rings is 1. The molecule has 2 heterocycles. The normalized spacial score (nSPS) is 23.9. The van der Waals surface area contributed by atoms with Gasteiger partial charge in [0.25, 0.3) is 5.56 Å². The lowest BCUT2D eigenvalue weighted by Gasteiger charge is -2.36. The smallest absolute Gasteiger partial charge is 0.251 e. The van der Waals surface area contributed by atoms with Gasteiger partial charge in [-0.2, -0.15) is 0 Å². The van der Waals surface area contributed by atoms with Crippen LogP contribution in [0.1, 0.15) is 56.1 Å². The monoisotopic (exact) mass is 335 g/mol. The first-order valence-corrected chi connectivity index (χ1v) is 8.65. The zero-order valence-electron chi connectivity index (χ0n) is 14.1. The number of amides is 1. The van der Waals surface area contributed by atoms with Gasteiger partial charge in [-0.05, 0) is 19.8 Å². The Labute approximate surface area is 141 Å². The van der Waals surface area contributed by atoms with Gasteiger partial charge in [-0.3, -0.25) is 9.59 Å². The predicted octanol–water partition coefficient (Wildman–Crippen LogP) is 1.06. The SMILES string of the molecule is Cc1cc(=O)[nH]c(C2CN(C(=O)CC3(O)CCCCC3)CCO2)n1. The zero-order valence-corrected chi connectivity index (χ0v) is 14.1. The van der Waals surface area contributed by atoms with Gasteiger partial charge in [0, 0.05) is 18.3 Å². The molecular formula is C17H25N3O4. The van der Waals surface area contributed by atoms with Crippen LogP contribution in [0.15, 0.2) is 10.9 Å². The van der Waals surface area contributed by atoms with Crippen LogP contribution in [0.2, 0.25) is 0 Å². The summed E-state index contributed by atoms with van der Waals surface area (Å²) in [4.78, 5) is 32.9. The summed E-state index contributed by atoms with van der Waals surface area (Å²) in [6, 6.07) is 1.42. The first kappa shape index (κ1) is 17.1. The Morgan fingerprint density at radius 2 is 2.21 bits per heavy atom. The number of ether oxygens (including phenoxy) is 1.